The van der Waals surface area contributed by atoms with Gasteiger partial charge in [0.05, 0.1) is 5.54 Å². The molecule has 21 heavy (non-hydrogen) atoms. The second kappa shape index (κ2) is 7.78. The van der Waals surface area contributed by atoms with Crippen LogP contribution in [0, 0.1) is 0 Å². The number of rotatable bonds is 5. The SMILES string of the molecule is NC1(C(=O)NCCC(=O)NC2CCCCC2)CCCCC1. The highest BCUT2D eigenvalue weighted by Gasteiger charge is 2.34. The number of carbonyl (C=O) groups is 2. The molecular weight excluding hydrogens is 266 g/mol. The van der Waals surface area contributed by atoms with E-state index >= 15 is 0 Å². The fourth-order valence-corrected chi connectivity index (χ4v) is 3.42. The Bertz CT molecular complexity index is 359. The fraction of sp³-hybridized carbons (Fsp3) is 0.875. The van der Waals surface area contributed by atoms with E-state index in [9.17, 15) is 9.59 Å². The third-order valence-electron chi connectivity index (χ3n) is 4.81. The van der Waals surface area contributed by atoms with Crippen LogP contribution >= 0.6 is 0 Å². The lowest BCUT2D eigenvalue weighted by Crippen LogP contribution is -2.55. The second-order valence-corrected chi connectivity index (χ2v) is 6.63. The average Bonchev–Trinajstić information content (AvgIpc) is 2.49. The second-order valence-electron chi connectivity index (χ2n) is 6.63. The number of amides is 2. The van der Waals surface area contributed by atoms with E-state index in [2.05, 4.69) is 10.6 Å². The third-order valence-corrected chi connectivity index (χ3v) is 4.81. The lowest BCUT2D eigenvalue weighted by atomic mass is 9.82. The van der Waals surface area contributed by atoms with Crippen LogP contribution in [0.5, 0.6) is 0 Å². The van der Waals surface area contributed by atoms with Crippen molar-refractivity contribution in [1.29, 1.82) is 0 Å². The van der Waals surface area contributed by atoms with Crippen LogP contribution in [0.25, 0.3) is 0 Å². The molecule has 5 nitrogen and oxygen atoms in total. The molecule has 4 N–H and O–H groups in total. The number of hydrogen-bond donors (Lipinski definition) is 3. The summed E-state index contributed by atoms with van der Waals surface area (Å²) in [5, 5.41) is 5.90. The van der Waals surface area contributed by atoms with E-state index in [1.54, 1.807) is 0 Å². The van der Waals surface area contributed by atoms with Gasteiger partial charge in [-0.25, -0.2) is 0 Å². The Morgan fingerprint density at radius 2 is 1.62 bits per heavy atom. The van der Waals surface area contributed by atoms with E-state index in [-0.39, 0.29) is 11.8 Å². The normalized spacial score (nSPS) is 22.5. The molecule has 0 atom stereocenters. The first-order valence-electron chi connectivity index (χ1n) is 8.47. The quantitative estimate of drug-likeness (QED) is 0.720. The van der Waals surface area contributed by atoms with Crippen LogP contribution in [0.15, 0.2) is 0 Å². The zero-order valence-corrected chi connectivity index (χ0v) is 13.0. The molecule has 0 aromatic heterocycles. The van der Waals surface area contributed by atoms with Crippen molar-refractivity contribution in [3.8, 4) is 0 Å². The molecular formula is C16H29N3O2. The Balaban J connectivity index is 1.63. The molecule has 120 valence electrons. The smallest absolute Gasteiger partial charge is 0.240 e. The summed E-state index contributed by atoms with van der Waals surface area (Å²) in [6.45, 7) is 0.385. The van der Waals surface area contributed by atoms with E-state index in [1.165, 1.54) is 19.3 Å². The van der Waals surface area contributed by atoms with Crippen molar-refractivity contribution in [1.82, 2.24) is 10.6 Å². The summed E-state index contributed by atoms with van der Waals surface area (Å²) in [6, 6.07) is 0.334. The molecule has 2 aliphatic rings. The van der Waals surface area contributed by atoms with Gasteiger partial charge < -0.3 is 16.4 Å². The predicted octanol–water partition coefficient (Wildman–Crippen LogP) is 1.60. The van der Waals surface area contributed by atoms with Gasteiger partial charge in [-0.15, -0.1) is 0 Å². The lowest BCUT2D eigenvalue weighted by Gasteiger charge is -2.31. The van der Waals surface area contributed by atoms with Gasteiger partial charge in [-0.1, -0.05) is 38.5 Å². The molecule has 2 fully saturated rings. The van der Waals surface area contributed by atoms with Crippen molar-refractivity contribution >= 4 is 11.8 Å². The maximum Gasteiger partial charge on any atom is 0.240 e. The Hall–Kier alpha value is -1.10. The van der Waals surface area contributed by atoms with E-state index in [0.29, 0.717) is 19.0 Å². The third kappa shape index (κ3) is 4.99. The van der Waals surface area contributed by atoms with Crippen LogP contribution < -0.4 is 16.4 Å². The summed E-state index contributed by atoms with van der Waals surface area (Å²) < 4.78 is 0. The van der Waals surface area contributed by atoms with Gasteiger partial charge in [0, 0.05) is 19.0 Å². The Morgan fingerprint density at radius 3 is 2.29 bits per heavy atom. The van der Waals surface area contributed by atoms with E-state index < -0.39 is 5.54 Å². The van der Waals surface area contributed by atoms with Crippen LogP contribution in [0.3, 0.4) is 0 Å². The van der Waals surface area contributed by atoms with Crippen molar-refractivity contribution in [3.63, 3.8) is 0 Å². The molecule has 2 amide bonds. The number of hydrogen-bond acceptors (Lipinski definition) is 3. The maximum absolute atomic E-state index is 12.1. The first-order chi connectivity index (χ1) is 10.1. The van der Waals surface area contributed by atoms with Crippen LogP contribution in [0.1, 0.15) is 70.6 Å². The van der Waals surface area contributed by atoms with Crippen molar-refractivity contribution in [2.75, 3.05) is 6.54 Å². The minimum absolute atomic E-state index is 0.0388. The lowest BCUT2D eigenvalue weighted by molar-refractivity contribution is -0.127. The Labute approximate surface area is 127 Å². The minimum atomic E-state index is -0.710. The number of nitrogens with one attached hydrogen (secondary N) is 2. The van der Waals surface area contributed by atoms with E-state index in [4.69, 9.17) is 5.73 Å². The van der Waals surface area contributed by atoms with Crippen LogP contribution in [0.2, 0.25) is 0 Å². The molecule has 0 aliphatic heterocycles. The van der Waals surface area contributed by atoms with E-state index in [1.807, 2.05) is 0 Å². The molecule has 0 heterocycles. The molecule has 2 saturated carbocycles. The highest BCUT2D eigenvalue weighted by atomic mass is 16.2. The topological polar surface area (TPSA) is 84.2 Å². The molecule has 5 heteroatoms. The fourth-order valence-electron chi connectivity index (χ4n) is 3.42. The van der Waals surface area contributed by atoms with Crippen molar-refractivity contribution in [3.05, 3.63) is 0 Å². The van der Waals surface area contributed by atoms with Gasteiger partial charge in [-0.3, -0.25) is 9.59 Å². The molecule has 0 bridgehead atoms. The molecule has 2 rings (SSSR count). The molecule has 0 unspecified atom stereocenters. The van der Waals surface area contributed by atoms with Crippen LogP contribution in [-0.4, -0.2) is 29.9 Å². The van der Waals surface area contributed by atoms with Crippen LogP contribution in [-0.2, 0) is 9.59 Å². The highest BCUT2D eigenvalue weighted by Crippen LogP contribution is 2.25. The summed E-state index contributed by atoms with van der Waals surface area (Å²) in [7, 11) is 0. The molecule has 2 aliphatic carbocycles. The van der Waals surface area contributed by atoms with Crippen molar-refractivity contribution in [2.24, 2.45) is 5.73 Å². The molecule has 0 aromatic rings. The summed E-state index contributed by atoms with van der Waals surface area (Å²) in [6.07, 6.45) is 10.9. The average molecular weight is 295 g/mol. The van der Waals surface area contributed by atoms with Crippen LogP contribution in [0.4, 0.5) is 0 Å². The highest BCUT2D eigenvalue weighted by molar-refractivity contribution is 5.86. The molecule has 0 radical (unpaired) electrons. The van der Waals surface area contributed by atoms with Gasteiger partial charge >= 0.3 is 0 Å². The maximum atomic E-state index is 12.1. The number of nitrogens with two attached hydrogens (primary N) is 1. The van der Waals surface area contributed by atoms with Crippen molar-refractivity contribution in [2.45, 2.75) is 82.2 Å². The largest absolute Gasteiger partial charge is 0.354 e. The van der Waals surface area contributed by atoms with Gasteiger partial charge in [0.1, 0.15) is 0 Å². The Kier molecular flexibility index (Phi) is 6.03. The van der Waals surface area contributed by atoms with Gasteiger partial charge in [0.15, 0.2) is 0 Å². The molecule has 0 spiro atoms. The van der Waals surface area contributed by atoms with Crippen molar-refractivity contribution < 1.29 is 9.59 Å². The Morgan fingerprint density at radius 1 is 1.00 bits per heavy atom. The monoisotopic (exact) mass is 295 g/mol. The predicted molar refractivity (Wildman–Crippen MR) is 82.6 cm³/mol. The number of carbonyl (C=O) groups excluding carboxylic acids is 2. The summed E-state index contributed by atoms with van der Waals surface area (Å²) in [5.41, 5.74) is 5.45. The molecule has 0 saturated heterocycles. The summed E-state index contributed by atoms with van der Waals surface area (Å²) >= 11 is 0. The van der Waals surface area contributed by atoms with E-state index in [0.717, 1.165) is 44.9 Å². The zero-order chi connectivity index (χ0) is 15.1. The van der Waals surface area contributed by atoms with Gasteiger partial charge in [0.25, 0.3) is 0 Å². The first-order valence-corrected chi connectivity index (χ1v) is 8.47. The summed E-state index contributed by atoms with van der Waals surface area (Å²) in [4.78, 5) is 24.0. The standard InChI is InChI=1S/C16H29N3O2/c17-16(10-5-2-6-11-16)15(21)18-12-9-14(20)19-13-7-3-1-4-8-13/h13H,1-12,17H2,(H,18,21)(H,19,20). The summed E-state index contributed by atoms with van der Waals surface area (Å²) in [5.74, 6) is -0.0513. The minimum Gasteiger partial charge on any atom is -0.354 e. The van der Waals surface area contributed by atoms with Gasteiger partial charge in [-0.2, -0.15) is 0 Å². The zero-order valence-electron chi connectivity index (χ0n) is 13.0. The van der Waals surface area contributed by atoms with Gasteiger partial charge in [0.2, 0.25) is 11.8 Å². The van der Waals surface area contributed by atoms with Gasteiger partial charge in [-0.05, 0) is 25.7 Å². The first kappa shape index (κ1) is 16.3. The molecule has 0 aromatic carbocycles.